The van der Waals surface area contributed by atoms with Gasteiger partial charge in [0.2, 0.25) is 0 Å². The molecule has 0 aliphatic rings. The van der Waals surface area contributed by atoms with Crippen molar-refractivity contribution in [1.82, 2.24) is 4.90 Å². The molecular formula is C18H23FN2. The Bertz CT molecular complexity index is 583. The average molecular weight is 286 g/mol. The molecule has 0 radical (unpaired) electrons. The van der Waals surface area contributed by atoms with E-state index in [1.54, 1.807) is 6.07 Å². The van der Waals surface area contributed by atoms with Crippen LogP contribution < -0.4 is 5.73 Å². The highest BCUT2D eigenvalue weighted by Gasteiger charge is 2.35. The second kappa shape index (κ2) is 6.37. The molecule has 0 aromatic heterocycles. The monoisotopic (exact) mass is 286 g/mol. The van der Waals surface area contributed by atoms with Crippen molar-refractivity contribution >= 4 is 0 Å². The molecule has 0 amide bonds. The summed E-state index contributed by atoms with van der Waals surface area (Å²) in [5, 5.41) is 0. The summed E-state index contributed by atoms with van der Waals surface area (Å²) < 4.78 is 14.0. The van der Waals surface area contributed by atoms with Gasteiger partial charge in [0.15, 0.2) is 0 Å². The Hall–Kier alpha value is -1.71. The summed E-state index contributed by atoms with van der Waals surface area (Å²) in [4.78, 5) is 2.08. The van der Waals surface area contributed by atoms with Crippen molar-refractivity contribution in [1.29, 1.82) is 0 Å². The number of hydrogen-bond acceptors (Lipinski definition) is 2. The van der Waals surface area contributed by atoms with E-state index in [0.717, 1.165) is 5.56 Å². The van der Waals surface area contributed by atoms with Gasteiger partial charge in [-0.3, -0.25) is 0 Å². The van der Waals surface area contributed by atoms with E-state index in [2.05, 4.69) is 11.8 Å². The van der Waals surface area contributed by atoms with Gasteiger partial charge in [0.25, 0.3) is 0 Å². The molecule has 0 saturated carbocycles. The molecule has 2 aromatic rings. The summed E-state index contributed by atoms with van der Waals surface area (Å²) in [6, 6.07) is 16.9. The van der Waals surface area contributed by atoms with E-state index in [9.17, 15) is 4.39 Å². The van der Waals surface area contributed by atoms with Crippen LogP contribution in [0.4, 0.5) is 4.39 Å². The first-order chi connectivity index (χ1) is 9.95. The standard InChI is InChI=1S/C18H23FN2/c1-14(21(2)3)18(20,16-10-5-4-6-11-16)13-15-9-7-8-12-17(15)19/h4-12,14H,13,20H2,1-3H3. The Kier molecular flexibility index (Phi) is 4.76. The van der Waals surface area contributed by atoms with E-state index in [0.29, 0.717) is 12.0 Å². The van der Waals surface area contributed by atoms with E-state index in [1.165, 1.54) is 6.07 Å². The lowest BCUT2D eigenvalue weighted by atomic mass is 9.78. The largest absolute Gasteiger partial charge is 0.320 e. The molecule has 0 fully saturated rings. The topological polar surface area (TPSA) is 29.3 Å². The third-order valence-corrected chi connectivity index (χ3v) is 4.27. The molecule has 0 bridgehead atoms. The molecule has 112 valence electrons. The predicted molar refractivity (Wildman–Crippen MR) is 85.6 cm³/mol. The van der Waals surface area contributed by atoms with Crippen molar-refractivity contribution in [3.05, 3.63) is 71.5 Å². The zero-order valence-electron chi connectivity index (χ0n) is 12.9. The maximum atomic E-state index is 14.0. The first-order valence-corrected chi connectivity index (χ1v) is 7.19. The van der Waals surface area contributed by atoms with E-state index in [-0.39, 0.29) is 11.9 Å². The van der Waals surface area contributed by atoms with Crippen LogP contribution in [0.5, 0.6) is 0 Å². The maximum absolute atomic E-state index is 14.0. The quantitative estimate of drug-likeness (QED) is 0.914. The van der Waals surface area contributed by atoms with Crippen molar-refractivity contribution in [3.63, 3.8) is 0 Å². The summed E-state index contributed by atoms with van der Waals surface area (Å²) in [6.45, 7) is 2.08. The van der Waals surface area contributed by atoms with Crippen molar-refractivity contribution in [2.45, 2.75) is 24.9 Å². The number of benzene rings is 2. The fraction of sp³-hybridized carbons (Fsp3) is 0.333. The molecular weight excluding hydrogens is 263 g/mol. The Morgan fingerprint density at radius 1 is 1.05 bits per heavy atom. The Labute approximate surface area is 126 Å². The molecule has 2 aromatic carbocycles. The lowest BCUT2D eigenvalue weighted by Crippen LogP contribution is -2.54. The highest BCUT2D eigenvalue weighted by Crippen LogP contribution is 2.29. The van der Waals surface area contributed by atoms with Crippen molar-refractivity contribution in [2.75, 3.05) is 14.1 Å². The van der Waals surface area contributed by atoms with Crippen LogP contribution in [-0.4, -0.2) is 25.0 Å². The summed E-state index contributed by atoms with van der Waals surface area (Å²) in [5.74, 6) is -0.200. The van der Waals surface area contributed by atoms with Crippen LogP contribution in [-0.2, 0) is 12.0 Å². The lowest BCUT2D eigenvalue weighted by molar-refractivity contribution is 0.189. The minimum absolute atomic E-state index is 0.0690. The van der Waals surface area contributed by atoms with E-state index < -0.39 is 5.54 Å². The van der Waals surface area contributed by atoms with Gasteiger partial charge >= 0.3 is 0 Å². The fourth-order valence-corrected chi connectivity index (χ4v) is 2.66. The SMILES string of the molecule is CC(N(C)C)C(N)(Cc1ccccc1F)c1ccccc1. The van der Waals surface area contributed by atoms with Gasteiger partial charge in [0, 0.05) is 6.04 Å². The second-order valence-corrected chi connectivity index (χ2v) is 5.81. The summed E-state index contributed by atoms with van der Waals surface area (Å²) in [6.07, 6.45) is 0.461. The maximum Gasteiger partial charge on any atom is 0.126 e. The number of halogens is 1. The van der Waals surface area contributed by atoms with Gasteiger partial charge in [-0.25, -0.2) is 4.39 Å². The van der Waals surface area contributed by atoms with Crippen LogP contribution in [0.1, 0.15) is 18.1 Å². The summed E-state index contributed by atoms with van der Waals surface area (Å²) >= 11 is 0. The van der Waals surface area contributed by atoms with Gasteiger partial charge in [0.05, 0.1) is 5.54 Å². The summed E-state index contributed by atoms with van der Waals surface area (Å²) in [7, 11) is 3.99. The fourth-order valence-electron chi connectivity index (χ4n) is 2.66. The van der Waals surface area contributed by atoms with Crippen LogP contribution in [0, 0.1) is 5.82 Å². The number of hydrogen-bond donors (Lipinski definition) is 1. The molecule has 21 heavy (non-hydrogen) atoms. The zero-order valence-corrected chi connectivity index (χ0v) is 12.9. The van der Waals surface area contributed by atoms with Crippen LogP contribution in [0.15, 0.2) is 54.6 Å². The van der Waals surface area contributed by atoms with E-state index in [1.807, 2.05) is 56.6 Å². The highest BCUT2D eigenvalue weighted by molar-refractivity contribution is 5.31. The van der Waals surface area contributed by atoms with Crippen molar-refractivity contribution in [3.8, 4) is 0 Å². The van der Waals surface area contributed by atoms with Crippen molar-refractivity contribution < 1.29 is 4.39 Å². The van der Waals surface area contributed by atoms with Gasteiger partial charge in [0.1, 0.15) is 5.82 Å². The predicted octanol–water partition coefficient (Wildman–Crippen LogP) is 3.17. The zero-order chi connectivity index (χ0) is 15.5. The van der Waals surface area contributed by atoms with E-state index in [4.69, 9.17) is 5.73 Å². The van der Waals surface area contributed by atoms with E-state index >= 15 is 0 Å². The number of rotatable bonds is 5. The Balaban J connectivity index is 2.44. The normalized spacial score (nSPS) is 15.7. The van der Waals surface area contributed by atoms with Gasteiger partial charge in [-0.2, -0.15) is 0 Å². The van der Waals surface area contributed by atoms with Crippen LogP contribution in [0.2, 0.25) is 0 Å². The molecule has 2 atom stereocenters. The highest BCUT2D eigenvalue weighted by atomic mass is 19.1. The van der Waals surface area contributed by atoms with Crippen LogP contribution >= 0.6 is 0 Å². The molecule has 2 N–H and O–H groups in total. The number of nitrogens with zero attached hydrogens (tertiary/aromatic N) is 1. The minimum Gasteiger partial charge on any atom is -0.320 e. The van der Waals surface area contributed by atoms with Crippen LogP contribution in [0.25, 0.3) is 0 Å². The third-order valence-electron chi connectivity index (χ3n) is 4.27. The van der Waals surface area contributed by atoms with Gasteiger partial charge in [-0.1, -0.05) is 48.5 Å². The smallest absolute Gasteiger partial charge is 0.126 e. The second-order valence-electron chi connectivity index (χ2n) is 5.81. The molecule has 2 rings (SSSR count). The van der Waals surface area contributed by atoms with Crippen LogP contribution in [0.3, 0.4) is 0 Å². The van der Waals surface area contributed by atoms with Gasteiger partial charge < -0.3 is 10.6 Å². The van der Waals surface area contributed by atoms with Crippen molar-refractivity contribution in [2.24, 2.45) is 5.73 Å². The third kappa shape index (κ3) is 3.31. The Morgan fingerprint density at radius 3 is 2.19 bits per heavy atom. The molecule has 0 saturated heterocycles. The van der Waals surface area contributed by atoms with Gasteiger partial charge in [-0.15, -0.1) is 0 Å². The first-order valence-electron chi connectivity index (χ1n) is 7.19. The molecule has 0 heterocycles. The minimum atomic E-state index is -0.646. The lowest BCUT2D eigenvalue weighted by Gasteiger charge is -2.40. The molecule has 0 spiro atoms. The molecule has 3 heteroatoms. The van der Waals surface area contributed by atoms with Gasteiger partial charge in [-0.05, 0) is 44.6 Å². The average Bonchev–Trinajstić information content (AvgIpc) is 2.49. The molecule has 2 unspecified atom stereocenters. The first kappa shape index (κ1) is 15.7. The Morgan fingerprint density at radius 2 is 1.62 bits per heavy atom. The number of likely N-dealkylation sites (N-methyl/N-ethyl adjacent to an activating group) is 1. The molecule has 2 nitrogen and oxygen atoms in total. The molecule has 0 aliphatic carbocycles. The molecule has 0 aliphatic heterocycles. The summed E-state index contributed by atoms with van der Waals surface area (Å²) in [5.41, 5.74) is 7.78. The number of nitrogens with two attached hydrogens (primary N) is 1.